The highest BCUT2D eigenvalue weighted by Crippen LogP contribution is 2.57. The lowest BCUT2D eigenvalue weighted by Gasteiger charge is -2.33. The summed E-state index contributed by atoms with van der Waals surface area (Å²) in [5.74, 6) is -0.585. The molecule has 2 rings (SSSR count). The first kappa shape index (κ1) is 34.6. The van der Waals surface area contributed by atoms with E-state index in [0.29, 0.717) is 12.8 Å². The van der Waals surface area contributed by atoms with Gasteiger partial charge in [-0.1, -0.05) is 104 Å². The Morgan fingerprint density at radius 1 is 0.641 bits per heavy atom. The van der Waals surface area contributed by atoms with E-state index in [1.54, 1.807) is 11.8 Å². The fraction of sp³-hybridized carbons (Fsp3) is 0.600. The van der Waals surface area contributed by atoms with Crippen LogP contribution in [0.5, 0.6) is 0 Å². The Balaban J connectivity index is 2.64. The van der Waals surface area contributed by atoms with Gasteiger partial charge in [0.2, 0.25) is 0 Å². The van der Waals surface area contributed by atoms with E-state index >= 15 is 0 Å². The summed E-state index contributed by atoms with van der Waals surface area (Å²) < 4.78 is 27.9. The van der Waals surface area contributed by atoms with Gasteiger partial charge in [-0.2, -0.15) is 19.6 Å². The molecule has 0 spiro atoms. The van der Waals surface area contributed by atoms with Crippen molar-refractivity contribution in [2.24, 2.45) is 11.8 Å². The molecule has 0 amide bonds. The summed E-state index contributed by atoms with van der Waals surface area (Å²) in [6.07, 6.45) is 0.441. The van der Waals surface area contributed by atoms with E-state index in [1.807, 2.05) is 38.1 Å². The van der Waals surface area contributed by atoms with Gasteiger partial charge in [-0.05, 0) is 57.8 Å². The average molecular weight is 605 g/mol. The Bertz CT molecular complexity index is 975. The largest absolute Gasteiger partial charge is 0.463 e. The van der Waals surface area contributed by atoms with Crippen LogP contribution in [0.15, 0.2) is 48.5 Å². The molecular weight excluding hydrogens is 556 g/mol. The van der Waals surface area contributed by atoms with E-state index in [2.05, 4.69) is 65.8 Å². The molecule has 0 aromatic heterocycles. The number of benzene rings is 2. The van der Waals surface area contributed by atoms with Crippen molar-refractivity contribution in [1.29, 1.82) is 0 Å². The minimum Gasteiger partial charge on any atom is -0.189 e. The third-order valence-electron chi connectivity index (χ3n) is 6.88. The molecule has 39 heavy (non-hydrogen) atoms. The van der Waals surface area contributed by atoms with Gasteiger partial charge in [-0.3, -0.25) is 0 Å². The number of thioether (sulfide) groups is 1. The van der Waals surface area contributed by atoms with Crippen LogP contribution in [0.25, 0.3) is 0 Å². The second-order valence-electron chi connectivity index (χ2n) is 13.1. The summed E-state index contributed by atoms with van der Waals surface area (Å²) >= 11 is 1.72. The first-order chi connectivity index (χ1) is 17.7. The van der Waals surface area contributed by atoms with Crippen LogP contribution >= 0.6 is 27.8 Å². The fourth-order valence-corrected chi connectivity index (χ4v) is 9.17. The zero-order valence-corrected chi connectivity index (χ0v) is 27.2. The third-order valence-corrected chi connectivity index (χ3v) is 10.6. The van der Waals surface area contributed by atoms with Crippen LogP contribution < -0.4 is 0 Å². The van der Waals surface area contributed by atoms with Crippen molar-refractivity contribution >= 4 is 27.8 Å². The number of hydrogen-bond donors (Lipinski definition) is 4. The topological polar surface area (TPSA) is 80.9 Å². The minimum absolute atomic E-state index is 0.111. The zero-order valence-electron chi connectivity index (χ0n) is 24.6. The van der Waals surface area contributed by atoms with Crippen LogP contribution in [-0.4, -0.2) is 31.9 Å². The highest BCUT2D eigenvalue weighted by Gasteiger charge is 2.40. The van der Waals surface area contributed by atoms with Crippen LogP contribution in [0.1, 0.15) is 101 Å². The van der Waals surface area contributed by atoms with Crippen molar-refractivity contribution in [2.45, 2.75) is 89.6 Å². The summed E-state index contributed by atoms with van der Waals surface area (Å²) in [6.45, 7) is 16.6. The molecule has 9 heteroatoms. The molecule has 0 saturated carbocycles. The van der Waals surface area contributed by atoms with Crippen molar-refractivity contribution < 1.29 is 28.0 Å². The van der Waals surface area contributed by atoms with Crippen molar-refractivity contribution in [1.82, 2.24) is 0 Å². The first-order valence-corrected chi connectivity index (χ1v) is 18.1. The predicted molar refractivity (Wildman–Crippen MR) is 166 cm³/mol. The van der Waals surface area contributed by atoms with E-state index in [4.69, 9.17) is 0 Å². The molecule has 4 N–H and O–H groups in total. The summed E-state index contributed by atoms with van der Waals surface area (Å²) in [5.41, 5.74) is 4.26. The SMILES string of the molecule is CC(CC(SC(CC(C)C[P+](O)(O)F)c1ccccc1C(C)(C)C)c1ccccc1C(C)(C)C)C[P+](O)(O)F. The summed E-state index contributed by atoms with van der Waals surface area (Å²) in [6, 6.07) is 16.4. The molecule has 0 radical (unpaired) electrons. The summed E-state index contributed by atoms with van der Waals surface area (Å²) in [5, 5.41) is -0.222. The molecule has 4 atom stereocenters. The fourth-order valence-electron chi connectivity index (χ4n) is 5.30. The summed E-state index contributed by atoms with van der Waals surface area (Å²) in [7, 11) is -8.87. The Morgan fingerprint density at radius 2 is 0.949 bits per heavy atom. The van der Waals surface area contributed by atoms with Gasteiger partial charge in [0.1, 0.15) is 12.3 Å². The quantitative estimate of drug-likeness (QED) is 0.182. The normalized spacial score (nSPS) is 16.6. The second-order valence-corrected chi connectivity index (χ2v) is 17.8. The molecular formula is C30H48F2O4P2S+2. The van der Waals surface area contributed by atoms with E-state index in [0.717, 1.165) is 11.1 Å². The Hall–Kier alpha value is -0.650. The lowest BCUT2D eigenvalue weighted by molar-refractivity contribution is 0.373. The van der Waals surface area contributed by atoms with Gasteiger partial charge in [0, 0.05) is 18.9 Å². The lowest BCUT2D eigenvalue weighted by atomic mass is 9.82. The van der Waals surface area contributed by atoms with Crippen molar-refractivity contribution in [3.8, 4) is 0 Å². The maximum absolute atomic E-state index is 13.9. The smallest absolute Gasteiger partial charge is 0.189 e. The summed E-state index contributed by atoms with van der Waals surface area (Å²) in [4.78, 5) is 38.3. The molecule has 0 aliphatic rings. The number of hydrogen-bond acceptors (Lipinski definition) is 5. The van der Waals surface area contributed by atoms with Crippen LogP contribution in [0.3, 0.4) is 0 Å². The molecule has 0 aliphatic heterocycles. The number of halogens is 2. The molecule has 220 valence electrons. The molecule has 4 unspecified atom stereocenters. The standard InChI is InChI=1S/C30H48F2O4P2S/c1-21(19-37(31,33)34)17-27(23-13-9-11-15-25(23)29(3,4)5)39-28(18-22(2)20-38(32,35)36)24-14-10-12-16-26(24)30(6,7)8/h9-16,21-22,27-28,33-36H,17-20H2,1-8H3/q+2. The maximum Gasteiger partial charge on any atom is 0.463 e. The van der Waals surface area contributed by atoms with Crippen LogP contribution in [0, 0.1) is 11.8 Å². The number of rotatable bonds is 12. The molecule has 4 nitrogen and oxygen atoms in total. The van der Waals surface area contributed by atoms with Gasteiger partial charge in [0.15, 0.2) is 0 Å². The maximum atomic E-state index is 13.9. The van der Waals surface area contributed by atoms with Gasteiger partial charge in [0.25, 0.3) is 0 Å². The highest BCUT2D eigenvalue weighted by molar-refractivity contribution is 7.99. The van der Waals surface area contributed by atoms with Crippen LogP contribution in [0.2, 0.25) is 0 Å². The van der Waals surface area contributed by atoms with Crippen LogP contribution in [-0.2, 0) is 10.8 Å². The third kappa shape index (κ3) is 11.6. The molecule has 2 aromatic rings. The lowest BCUT2D eigenvalue weighted by Crippen LogP contribution is -2.20. The molecule has 0 heterocycles. The van der Waals surface area contributed by atoms with E-state index in [1.165, 1.54) is 11.1 Å². The van der Waals surface area contributed by atoms with E-state index in [9.17, 15) is 28.0 Å². The predicted octanol–water partition coefficient (Wildman–Crippen LogP) is 9.28. The molecule has 0 bridgehead atoms. The van der Waals surface area contributed by atoms with Crippen LogP contribution in [0.4, 0.5) is 8.39 Å². The first-order valence-electron chi connectivity index (χ1n) is 13.6. The second kappa shape index (κ2) is 13.6. The van der Waals surface area contributed by atoms with E-state index < -0.39 is 16.1 Å². The highest BCUT2D eigenvalue weighted by atomic mass is 32.2. The Morgan fingerprint density at radius 3 is 1.23 bits per heavy atom. The van der Waals surface area contributed by atoms with Gasteiger partial charge < -0.3 is 0 Å². The molecule has 0 aliphatic carbocycles. The zero-order chi connectivity index (χ0) is 29.8. The van der Waals surface area contributed by atoms with Crippen molar-refractivity contribution in [3.05, 3.63) is 70.8 Å². The monoisotopic (exact) mass is 604 g/mol. The molecule has 2 aromatic carbocycles. The van der Waals surface area contributed by atoms with Gasteiger partial charge in [-0.15, -0.1) is 11.8 Å². The van der Waals surface area contributed by atoms with Crippen molar-refractivity contribution in [2.75, 3.05) is 12.3 Å². The van der Waals surface area contributed by atoms with Gasteiger partial charge in [0.05, 0.1) is 0 Å². The molecule has 0 saturated heterocycles. The minimum atomic E-state index is -4.44. The molecule has 0 fully saturated rings. The van der Waals surface area contributed by atoms with Crippen molar-refractivity contribution in [3.63, 3.8) is 0 Å². The van der Waals surface area contributed by atoms with Gasteiger partial charge in [-0.25, -0.2) is 0 Å². The average Bonchev–Trinajstić information content (AvgIpc) is 2.74. The Kier molecular flexibility index (Phi) is 12.0. The van der Waals surface area contributed by atoms with Gasteiger partial charge >= 0.3 is 16.1 Å². The van der Waals surface area contributed by atoms with E-state index in [-0.39, 0.29) is 45.5 Å². The Labute approximate surface area is 239 Å².